The molecule has 3 rings (SSSR count). The summed E-state index contributed by atoms with van der Waals surface area (Å²) in [6.45, 7) is 6.16. The van der Waals surface area contributed by atoms with Gasteiger partial charge in [-0.1, -0.05) is 0 Å². The number of hydrogen-bond acceptors (Lipinski definition) is 4. The largest absolute Gasteiger partial charge is 0.353 e. The second-order valence-corrected chi connectivity index (χ2v) is 6.38. The normalized spacial score (nSPS) is 32.2. The van der Waals surface area contributed by atoms with E-state index in [-0.39, 0.29) is 23.9 Å². The quantitative estimate of drug-likeness (QED) is 0.724. The van der Waals surface area contributed by atoms with Crippen molar-refractivity contribution in [2.45, 2.75) is 50.7 Å². The van der Waals surface area contributed by atoms with Gasteiger partial charge >= 0.3 is 0 Å². The van der Waals surface area contributed by atoms with Crippen molar-refractivity contribution in [3.05, 3.63) is 0 Å². The standard InChI is InChI=1S/C15H26N4O2/c1-11-14(20)17-8-10-18(11)15(21)13-3-2-9-19(13)12-4-6-16-7-5-12/h11-13,16H,2-10H2,1H3,(H,17,20). The number of amides is 2. The highest BCUT2D eigenvalue weighted by Crippen LogP contribution is 2.26. The van der Waals surface area contributed by atoms with Crippen LogP contribution in [0.15, 0.2) is 0 Å². The third kappa shape index (κ3) is 2.92. The van der Waals surface area contributed by atoms with Crippen LogP contribution >= 0.6 is 0 Å². The number of rotatable bonds is 2. The zero-order valence-corrected chi connectivity index (χ0v) is 12.8. The van der Waals surface area contributed by atoms with Gasteiger partial charge in [-0.2, -0.15) is 0 Å². The van der Waals surface area contributed by atoms with Gasteiger partial charge in [-0.3, -0.25) is 14.5 Å². The molecule has 0 saturated carbocycles. The Labute approximate surface area is 126 Å². The first-order valence-electron chi connectivity index (χ1n) is 8.23. The molecule has 21 heavy (non-hydrogen) atoms. The highest BCUT2D eigenvalue weighted by Gasteiger charge is 2.40. The molecular weight excluding hydrogens is 268 g/mol. The monoisotopic (exact) mass is 294 g/mol. The van der Waals surface area contributed by atoms with Crippen LogP contribution in [0.3, 0.4) is 0 Å². The Kier molecular flexibility index (Phi) is 4.45. The maximum Gasteiger partial charge on any atom is 0.242 e. The highest BCUT2D eigenvalue weighted by atomic mass is 16.2. The molecule has 2 atom stereocenters. The van der Waals surface area contributed by atoms with Crippen LogP contribution in [-0.2, 0) is 9.59 Å². The van der Waals surface area contributed by atoms with E-state index in [1.165, 1.54) is 0 Å². The van der Waals surface area contributed by atoms with Gasteiger partial charge in [0, 0.05) is 19.1 Å². The minimum absolute atomic E-state index is 0.0125. The number of carbonyl (C=O) groups is 2. The van der Waals surface area contributed by atoms with Crippen molar-refractivity contribution in [1.29, 1.82) is 0 Å². The first-order valence-corrected chi connectivity index (χ1v) is 8.23. The van der Waals surface area contributed by atoms with Crippen LogP contribution < -0.4 is 10.6 Å². The predicted molar refractivity (Wildman–Crippen MR) is 79.8 cm³/mol. The molecule has 0 aliphatic carbocycles. The van der Waals surface area contributed by atoms with Crippen LogP contribution in [0.1, 0.15) is 32.6 Å². The number of nitrogens with zero attached hydrogens (tertiary/aromatic N) is 2. The highest BCUT2D eigenvalue weighted by molar-refractivity contribution is 5.90. The molecule has 0 radical (unpaired) electrons. The molecule has 2 unspecified atom stereocenters. The van der Waals surface area contributed by atoms with Crippen LogP contribution in [0.4, 0.5) is 0 Å². The molecule has 3 aliphatic rings. The van der Waals surface area contributed by atoms with Crippen molar-refractivity contribution >= 4 is 11.8 Å². The Morgan fingerprint density at radius 1 is 1.14 bits per heavy atom. The molecule has 3 heterocycles. The molecule has 6 heteroatoms. The lowest BCUT2D eigenvalue weighted by atomic mass is 10.0. The summed E-state index contributed by atoms with van der Waals surface area (Å²) in [5.74, 6) is 0.134. The smallest absolute Gasteiger partial charge is 0.242 e. The summed E-state index contributed by atoms with van der Waals surface area (Å²) in [6, 6.07) is 0.180. The van der Waals surface area contributed by atoms with Crippen LogP contribution in [-0.4, -0.2) is 72.5 Å². The van der Waals surface area contributed by atoms with E-state index >= 15 is 0 Å². The molecule has 118 valence electrons. The summed E-state index contributed by atoms with van der Waals surface area (Å²) in [4.78, 5) is 28.9. The fourth-order valence-electron chi connectivity index (χ4n) is 3.90. The van der Waals surface area contributed by atoms with Crippen molar-refractivity contribution in [2.24, 2.45) is 0 Å². The molecule has 2 N–H and O–H groups in total. The number of nitrogens with one attached hydrogen (secondary N) is 2. The molecule has 0 aromatic heterocycles. The third-order valence-corrected chi connectivity index (χ3v) is 5.14. The molecule has 0 bridgehead atoms. The van der Waals surface area contributed by atoms with E-state index in [1.807, 2.05) is 6.92 Å². The first-order chi connectivity index (χ1) is 10.2. The van der Waals surface area contributed by atoms with Crippen LogP contribution in [0.25, 0.3) is 0 Å². The van der Waals surface area contributed by atoms with Crippen molar-refractivity contribution in [2.75, 3.05) is 32.7 Å². The molecule has 2 amide bonds. The number of hydrogen-bond donors (Lipinski definition) is 2. The number of piperidine rings is 1. The van der Waals surface area contributed by atoms with Gasteiger partial charge in [0.2, 0.25) is 11.8 Å². The van der Waals surface area contributed by atoms with Crippen molar-refractivity contribution in [1.82, 2.24) is 20.4 Å². The van der Waals surface area contributed by atoms with Crippen LogP contribution in [0.2, 0.25) is 0 Å². The second kappa shape index (κ2) is 6.32. The van der Waals surface area contributed by atoms with Crippen LogP contribution in [0.5, 0.6) is 0 Å². The fraction of sp³-hybridized carbons (Fsp3) is 0.867. The SMILES string of the molecule is CC1C(=O)NCCN1C(=O)C1CCCN1C1CCNCC1. The maximum absolute atomic E-state index is 12.9. The number of carbonyl (C=O) groups excluding carboxylic acids is 2. The van der Waals surface area contributed by atoms with E-state index < -0.39 is 0 Å². The van der Waals surface area contributed by atoms with Gasteiger partial charge < -0.3 is 15.5 Å². The Morgan fingerprint density at radius 2 is 1.90 bits per heavy atom. The van der Waals surface area contributed by atoms with Gasteiger partial charge in [0.25, 0.3) is 0 Å². The maximum atomic E-state index is 12.9. The molecule has 6 nitrogen and oxygen atoms in total. The lowest BCUT2D eigenvalue weighted by molar-refractivity contribution is -0.146. The first kappa shape index (κ1) is 14.8. The predicted octanol–water partition coefficient (Wildman–Crippen LogP) is -0.450. The summed E-state index contributed by atoms with van der Waals surface area (Å²) in [5.41, 5.74) is 0. The topological polar surface area (TPSA) is 64.7 Å². The molecule has 0 spiro atoms. The average molecular weight is 294 g/mol. The third-order valence-electron chi connectivity index (χ3n) is 5.14. The number of piperazine rings is 1. The van der Waals surface area contributed by atoms with Gasteiger partial charge in [0.05, 0.1) is 6.04 Å². The van der Waals surface area contributed by atoms with E-state index in [1.54, 1.807) is 4.90 Å². The lowest BCUT2D eigenvalue weighted by Crippen LogP contribution is -2.60. The Morgan fingerprint density at radius 3 is 2.67 bits per heavy atom. The van der Waals surface area contributed by atoms with Crippen molar-refractivity contribution < 1.29 is 9.59 Å². The van der Waals surface area contributed by atoms with Crippen LogP contribution in [0, 0.1) is 0 Å². The van der Waals surface area contributed by atoms with E-state index in [9.17, 15) is 9.59 Å². The van der Waals surface area contributed by atoms with Crippen molar-refractivity contribution in [3.8, 4) is 0 Å². The van der Waals surface area contributed by atoms with Gasteiger partial charge in [0.1, 0.15) is 6.04 Å². The lowest BCUT2D eigenvalue weighted by Gasteiger charge is -2.39. The van der Waals surface area contributed by atoms with Gasteiger partial charge in [-0.15, -0.1) is 0 Å². The average Bonchev–Trinajstić information content (AvgIpc) is 3.00. The summed E-state index contributed by atoms with van der Waals surface area (Å²) < 4.78 is 0. The summed E-state index contributed by atoms with van der Waals surface area (Å²) in [5, 5.41) is 6.21. The van der Waals surface area contributed by atoms with E-state index in [4.69, 9.17) is 0 Å². The van der Waals surface area contributed by atoms with Gasteiger partial charge in [-0.05, 0) is 52.2 Å². The van der Waals surface area contributed by atoms with E-state index in [0.717, 1.165) is 45.3 Å². The van der Waals surface area contributed by atoms with Gasteiger partial charge in [0.15, 0.2) is 0 Å². The van der Waals surface area contributed by atoms with E-state index in [0.29, 0.717) is 19.1 Å². The summed E-state index contributed by atoms with van der Waals surface area (Å²) in [6.07, 6.45) is 4.28. The number of likely N-dealkylation sites (tertiary alicyclic amines) is 1. The summed E-state index contributed by atoms with van der Waals surface area (Å²) >= 11 is 0. The zero-order valence-electron chi connectivity index (χ0n) is 12.8. The molecule has 3 aliphatic heterocycles. The molecule has 0 aromatic carbocycles. The Balaban J connectivity index is 1.69. The Bertz CT molecular complexity index is 408. The minimum Gasteiger partial charge on any atom is -0.353 e. The summed E-state index contributed by atoms with van der Waals surface area (Å²) in [7, 11) is 0. The Hall–Kier alpha value is -1.14. The molecular formula is C15H26N4O2. The van der Waals surface area contributed by atoms with Crippen molar-refractivity contribution in [3.63, 3.8) is 0 Å². The molecule has 3 saturated heterocycles. The zero-order chi connectivity index (χ0) is 14.8. The molecule has 0 aromatic rings. The fourth-order valence-corrected chi connectivity index (χ4v) is 3.90. The molecule has 3 fully saturated rings. The van der Waals surface area contributed by atoms with E-state index in [2.05, 4.69) is 15.5 Å². The second-order valence-electron chi connectivity index (χ2n) is 6.38. The van der Waals surface area contributed by atoms with Gasteiger partial charge in [-0.25, -0.2) is 0 Å². The minimum atomic E-state index is -0.332.